The van der Waals surface area contributed by atoms with Crippen LogP contribution >= 0.6 is 0 Å². The molecule has 0 atom stereocenters. The first-order valence-electron chi connectivity index (χ1n) is 7.68. The maximum Gasteiger partial charge on any atom is 0.191 e. The number of likely N-dealkylation sites (tertiary alicyclic amines) is 1. The number of unbranched alkanes of at least 4 members (excludes halogenated alkanes) is 1. The molecule has 0 aromatic rings. The first kappa shape index (κ1) is 16.2. The minimum atomic E-state index is 0.103. The molecule has 1 rings (SSSR count). The lowest BCUT2D eigenvalue weighted by Crippen LogP contribution is -2.48. The Morgan fingerprint density at radius 3 is 2.63 bits per heavy atom. The van der Waals surface area contributed by atoms with E-state index in [4.69, 9.17) is 5.11 Å². The molecule has 0 amide bonds. The van der Waals surface area contributed by atoms with Gasteiger partial charge in [0.1, 0.15) is 0 Å². The Bertz CT molecular complexity index is 250. The number of hydrogen-bond donors (Lipinski definition) is 3. The molecule has 1 aliphatic rings. The summed E-state index contributed by atoms with van der Waals surface area (Å²) in [6, 6.07) is 0.509. The van der Waals surface area contributed by atoms with Crippen LogP contribution in [0.2, 0.25) is 0 Å². The van der Waals surface area contributed by atoms with Gasteiger partial charge < -0.3 is 20.6 Å². The number of aliphatic imine (C=N–C) groups is 1. The largest absolute Gasteiger partial charge is 0.394 e. The minimum absolute atomic E-state index is 0.103. The molecule has 0 aliphatic carbocycles. The third kappa shape index (κ3) is 6.78. The molecule has 0 saturated carbocycles. The molecular weight excluding hydrogens is 240 g/mol. The van der Waals surface area contributed by atoms with E-state index in [0.717, 1.165) is 12.5 Å². The molecule has 0 bridgehead atoms. The zero-order valence-electron chi connectivity index (χ0n) is 12.5. The highest BCUT2D eigenvalue weighted by atomic mass is 16.3. The summed E-state index contributed by atoms with van der Waals surface area (Å²) >= 11 is 0. The van der Waals surface area contributed by atoms with Gasteiger partial charge in [-0.2, -0.15) is 0 Å². The second-order valence-electron chi connectivity index (χ2n) is 5.10. The smallest absolute Gasteiger partial charge is 0.191 e. The predicted octanol–water partition coefficient (Wildman–Crippen LogP) is 0.798. The Morgan fingerprint density at radius 2 is 2.05 bits per heavy atom. The van der Waals surface area contributed by atoms with Gasteiger partial charge in [-0.25, -0.2) is 0 Å². The first-order valence-corrected chi connectivity index (χ1v) is 7.68. The van der Waals surface area contributed by atoms with Crippen molar-refractivity contribution in [3.63, 3.8) is 0 Å². The molecule has 19 heavy (non-hydrogen) atoms. The van der Waals surface area contributed by atoms with Crippen LogP contribution in [0, 0.1) is 0 Å². The van der Waals surface area contributed by atoms with Crippen LogP contribution in [0.3, 0.4) is 0 Å². The Kier molecular flexibility index (Phi) is 8.58. The van der Waals surface area contributed by atoms with Crippen molar-refractivity contribution in [3.05, 3.63) is 0 Å². The van der Waals surface area contributed by atoms with E-state index in [1.807, 2.05) is 0 Å². The molecule has 1 saturated heterocycles. The topological polar surface area (TPSA) is 59.9 Å². The molecule has 0 radical (unpaired) electrons. The van der Waals surface area contributed by atoms with Crippen LogP contribution in [0.25, 0.3) is 0 Å². The Labute approximate surface area is 117 Å². The van der Waals surface area contributed by atoms with Crippen molar-refractivity contribution < 1.29 is 5.11 Å². The second kappa shape index (κ2) is 10.0. The van der Waals surface area contributed by atoms with Crippen LogP contribution in [0.5, 0.6) is 0 Å². The molecular formula is C14H30N4O. The standard InChI is InChI=1S/C14H30N4O/c1-3-5-9-18-10-6-13(7-11-18)17-14(15-4-2)16-8-12-19/h13,19H,3-12H2,1-2H3,(H2,15,16,17). The van der Waals surface area contributed by atoms with E-state index in [0.29, 0.717) is 12.6 Å². The number of aliphatic hydroxyl groups is 1. The maximum atomic E-state index is 8.84. The third-order valence-corrected chi connectivity index (χ3v) is 3.47. The molecule has 5 nitrogen and oxygen atoms in total. The average Bonchev–Trinajstić information content (AvgIpc) is 2.44. The lowest BCUT2D eigenvalue weighted by Gasteiger charge is -2.33. The van der Waals surface area contributed by atoms with Crippen LogP contribution < -0.4 is 10.6 Å². The van der Waals surface area contributed by atoms with Gasteiger partial charge in [-0.3, -0.25) is 4.99 Å². The second-order valence-corrected chi connectivity index (χ2v) is 5.10. The minimum Gasteiger partial charge on any atom is -0.394 e. The van der Waals surface area contributed by atoms with Gasteiger partial charge in [0, 0.05) is 25.7 Å². The summed E-state index contributed by atoms with van der Waals surface area (Å²) in [7, 11) is 0. The summed E-state index contributed by atoms with van der Waals surface area (Å²) < 4.78 is 0. The number of rotatable bonds is 7. The van der Waals surface area contributed by atoms with Gasteiger partial charge in [-0.05, 0) is 32.7 Å². The van der Waals surface area contributed by atoms with E-state index < -0.39 is 0 Å². The Balaban J connectivity index is 2.29. The summed E-state index contributed by atoms with van der Waals surface area (Å²) in [5.41, 5.74) is 0. The number of aliphatic hydroxyl groups excluding tert-OH is 1. The maximum absolute atomic E-state index is 8.84. The summed E-state index contributed by atoms with van der Waals surface area (Å²) in [5, 5.41) is 15.5. The van der Waals surface area contributed by atoms with Crippen molar-refractivity contribution in [1.29, 1.82) is 0 Å². The SMILES string of the molecule is CCCCN1CCC(NC(=NCCO)NCC)CC1. The van der Waals surface area contributed by atoms with Crippen LogP contribution in [0.4, 0.5) is 0 Å². The molecule has 0 aromatic heterocycles. The van der Waals surface area contributed by atoms with Crippen molar-refractivity contribution in [2.24, 2.45) is 4.99 Å². The lowest BCUT2D eigenvalue weighted by atomic mass is 10.0. The van der Waals surface area contributed by atoms with E-state index in [-0.39, 0.29) is 6.61 Å². The van der Waals surface area contributed by atoms with Crippen molar-refractivity contribution in [2.75, 3.05) is 39.3 Å². The van der Waals surface area contributed by atoms with E-state index in [1.54, 1.807) is 0 Å². The third-order valence-electron chi connectivity index (χ3n) is 3.47. The molecule has 1 aliphatic heterocycles. The molecule has 5 heteroatoms. The summed E-state index contributed by atoms with van der Waals surface area (Å²) in [5.74, 6) is 0.837. The van der Waals surface area contributed by atoms with E-state index in [9.17, 15) is 0 Å². The number of hydrogen-bond acceptors (Lipinski definition) is 3. The molecule has 1 heterocycles. The first-order chi connectivity index (χ1) is 9.30. The van der Waals surface area contributed by atoms with Gasteiger partial charge in [0.05, 0.1) is 13.2 Å². The summed E-state index contributed by atoms with van der Waals surface area (Å²) in [6.07, 6.45) is 4.93. The van der Waals surface area contributed by atoms with Crippen LogP contribution in [-0.4, -0.2) is 61.3 Å². The monoisotopic (exact) mass is 270 g/mol. The fourth-order valence-electron chi connectivity index (χ4n) is 2.36. The zero-order chi connectivity index (χ0) is 13.9. The zero-order valence-corrected chi connectivity index (χ0v) is 12.5. The molecule has 0 spiro atoms. The van der Waals surface area contributed by atoms with Gasteiger partial charge in [-0.15, -0.1) is 0 Å². The summed E-state index contributed by atoms with van der Waals surface area (Å²) in [6.45, 7) is 9.32. The highest BCUT2D eigenvalue weighted by molar-refractivity contribution is 5.80. The molecule has 0 unspecified atom stereocenters. The lowest BCUT2D eigenvalue weighted by molar-refractivity contribution is 0.203. The molecule has 3 N–H and O–H groups in total. The quantitative estimate of drug-likeness (QED) is 0.473. The highest BCUT2D eigenvalue weighted by Gasteiger charge is 2.19. The van der Waals surface area contributed by atoms with E-state index >= 15 is 0 Å². The number of piperidine rings is 1. The number of guanidine groups is 1. The van der Waals surface area contributed by atoms with Crippen LogP contribution in [0.1, 0.15) is 39.5 Å². The van der Waals surface area contributed by atoms with E-state index in [2.05, 4.69) is 34.4 Å². The van der Waals surface area contributed by atoms with Crippen molar-refractivity contribution in [1.82, 2.24) is 15.5 Å². The van der Waals surface area contributed by atoms with Gasteiger partial charge in [0.15, 0.2) is 5.96 Å². The van der Waals surface area contributed by atoms with Gasteiger partial charge >= 0.3 is 0 Å². The normalized spacial score (nSPS) is 18.6. The van der Waals surface area contributed by atoms with Crippen LogP contribution in [-0.2, 0) is 0 Å². The Morgan fingerprint density at radius 1 is 1.32 bits per heavy atom. The van der Waals surface area contributed by atoms with E-state index in [1.165, 1.54) is 45.3 Å². The van der Waals surface area contributed by atoms with Gasteiger partial charge in [0.25, 0.3) is 0 Å². The average molecular weight is 270 g/mol. The number of nitrogens with one attached hydrogen (secondary N) is 2. The molecule has 1 fully saturated rings. The summed E-state index contributed by atoms with van der Waals surface area (Å²) in [4.78, 5) is 6.88. The molecule has 112 valence electrons. The van der Waals surface area contributed by atoms with Crippen molar-refractivity contribution in [2.45, 2.75) is 45.6 Å². The highest BCUT2D eigenvalue weighted by Crippen LogP contribution is 2.10. The number of nitrogens with zero attached hydrogens (tertiary/aromatic N) is 2. The fraction of sp³-hybridized carbons (Fsp3) is 0.929. The predicted molar refractivity (Wildman–Crippen MR) is 80.6 cm³/mol. The van der Waals surface area contributed by atoms with Crippen molar-refractivity contribution >= 4 is 5.96 Å². The van der Waals surface area contributed by atoms with Crippen LogP contribution in [0.15, 0.2) is 4.99 Å². The Hall–Kier alpha value is -0.810. The molecule has 0 aromatic carbocycles. The van der Waals surface area contributed by atoms with Gasteiger partial charge in [-0.1, -0.05) is 13.3 Å². The van der Waals surface area contributed by atoms with Crippen molar-refractivity contribution in [3.8, 4) is 0 Å². The van der Waals surface area contributed by atoms with Gasteiger partial charge in [0.2, 0.25) is 0 Å². The fourth-order valence-corrected chi connectivity index (χ4v) is 2.36.